The van der Waals surface area contributed by atoms with Crippen molar-refractivity contribution in [1.82, 2.24) is 10.2 Å². The summed E-state index contributed by atoms with van der Waals surface area (Å²) in [5.41, 5.74) is 0. The summed E-state index contributed by atoms with van der Waals surface area (Å²) in [4.78, 5) is 2.67. The summed E-state index contributed by atoms with van der Waals surface area (Å²) >= 11 is 0. The summed E-state index contributed by atoms with van der Waals surface area (Å²) in [7, 11) is 0. The first kappa shape index (κ1) is 14.3. The van der Waals surface area contributed by atoms with Gasteiger partial charge in [0, 0.05) is 25.1 Å². The lowest BCUT2D eigenvalue weighted by Crippen LogP contribution is -2.48. The van der Waals surface area contributed by atoms with E-state index in [4.69, 9.17) is 4.74 Å². The molecule has 2 fully saturated rings. The second kappa shape index (κ2) is 8.13. The maximum atomic E-state index is 5.70. The molecule has 2 unspecified atom stereocenters. The highest BCUT2D eigenvalue weighted by Crippen LogP contribution is 2.18. The summed E-state index contributed by atoms with van der Waals surface area (Å²) in [5.74, 6) is 0.698. The van der Waals surface area contributed by atoms with Gasteiger partial charge in [-0.25, -0.2) is 0 Å². The summed E-state index contributed by atoms with van der Waals surface area (Å²) in [6.07, 6.45) is 8.05. The first-order chi connectivity index (χ1) is 8.90. The molecule has 0 bridgehead atoms. The van der Waals surface area contributed by atoms with Crippen molar-refractivity contribution in [2.24, 2.45) is 5.92 Å². The van der Waals surface area contributed by atoms with Crippen LogP contribution in [-0.2, 0) is 4.74 Å². The van der Waals surface area contributed by atoms with Gasteiger partial charge in [-0.1, -0.05) is 19.8 Å². The Morgan fingerprint density at radius 3 is 2.67 bits per heavy atom. The van der Waals surface area contributed by atoms with Crippen molar-refractivity contribution in [2.75, 3.05) is 39.4 Å². The van der Waals surface area contributed by atoms with Crippen LogP contribution < -0.4 is 5.32 Å². The van der Waals surface area contributed by atoms with Crippen molar-refractivity contribution in [3.05, 3.63) is 0 Å². The Kier molecular flexibility index (Phi) is 6.46. The Balaban J connectivity index is 1.79. The van der Waals surface area contributed by atoms with Crippen molar-refractivity contribution in [3.63, 3.8) is 0 Å². The molecule has 2 atom stereocenters. The number of nitrogens with zero attached hydrogens (tertiary/aromatic N) is 1. The first-order valence-electron chi connectivity index (χ1n) is 7.93. The lowest BCUT2D eigenvalue weighted by atomic mass is 9.95. The van der Waals surface area contributed by atoms with Crippen molar-refractivity contribution < 1.29 is 4.74 Å². The number of hydrogen-bond acceptors (Lipinski definition) is 3. The molecule has 0 aromatic carbocycles. The Bertz CT molecular complexity index is 215. The van der Waals surface area contributed by atoms with E-state index in [1.807, 2.05) is 0 Å². The zero-order chi connectivity index (χ0) is 12.6. The fourth-order valence-electron chi connectivity index (χ4n) is 3.23. The van der Waals surface area contributed by atoms with Gasteiger partial charge < -0.3 is 15.0 Å². The monoisotopic (exact) mass is 254 g/mol. The molecule has 2 aliphatic heterocycles. The molecule has 0 aromatic rings. The molecule has 3 heteroatoms. The molecule has 0 radical (unpaired) electrons. The second-order valence-corrected chi connectivity index (χ2v) is 5.90. The van der Waals surface area contributed by atoms with Gasteiger partial charge in [-0.2, -0.15) is 0 Å². The van der Waals surface area contributed by atoms with Crippen molar-refractivity contribution in [1.29, 1.82) is 0 Å². The van der Waals surface area contributed by atoms with Crippen LogP contribution >= 0.6 is 0 Å². The molecule has 0 amide bonds. The van der Waals surface area contributed by atoms with Gasteiger partial charge in [-0.05, 0) is 45.3 Å². The topological polar surface area (TPSA) is 24.5 Å². The van der Waals surface area contributed by atoms with Crippen LogP contribution in [0, 0.1) is 5.92 Å². The highest BCUT2D eigenvalue weighted by Gasteiger charge is 2.27. The van der Waals surface area contributed by atoms with E-state index in [0.29, 0.717) is 12.0 Å². The fourth-order valence-corrected chi connectivity index (χ4v) is 3.23. The number of nitrogens with one attached hydrogen (secondary N) is 1. The molecule has 0 aliphatic carbocycles. The first-order valence-corrected chi connectivity index (χ1v) is 7.93. The van der Waals surface area contributed by atoms with E-state index in [1.54, 1.807) is 0 Å². The van der Waals surface area contributed by atoms with Crippen LogP contribution in [0.3, 0.4) is 0 Å². The molecule has 18 heavy (non-hydrogen) atoms. The molecule has 2 rings (SSSR count). The minimum Gasteiger partial charge on any atom is -0.381 e. The van der Waals surface area contributed by atoms with E-state index >= 15 is 0 Å². The molecule has 0 spiro atoms. The van der Waals surface area contributed by atoms with Crippen LogP contribution in [0.25, 0.3) is 0 Å². The van der Waals surface area contributed by atoms with E-state index in [0.717, 1.165) is 19.8 Å². The van der Waals surface area contributed by atoms with E-state index in [-0.39, 0.29) is 0 Å². The Morgan fingerprint density at radius 2 is 1.94 bits per heavy atom. The summed E-state index contributed by atoms with van der Waals surface area (Å²) in [6.45, 7) is 9.14. The lowest BCUT2D eigenvalue weighted by Gasteiger charge is -2.35. The van der Waals surface area contributed by atoms with E-state index in [9.17, 15) is 0 Å². The van der Waals surface area contributed by atoms with Gasteiger partial charge in [0.1, 0.15) is 0 Å². The number of hydrogen-bond donors (Lipinski definition) is 1. The molecule has 3 nitrogen and oxygen atoms in total. The average molecular weight is 254 g/mol. The van der Waals surface area contributed by atoms with Crippen molar-refractivity contribution in [3.8, 4) is 0 Å². The third-order valence-electron chi connectivity index (χ3n) is 4.32. The number of likely N-dealkylation sites (tertiary alicyclic amines) is 1. The molecule has 0 saturated carbocycles. The van der Waals surface area contributed by atoms with Crippen molar-refractivity contribution in [2.45, 2.75) is 51.5 Å². The minimum atomic E-state index is 0.682. The van der Waals surface area contributed by atoms with Gasteiger partial charge in [0.15, 0.2) is 0 Å². The smallest absolute Gasteiger partial charge is 0.0521 e. The number of rotatable bonds is 5. The molecule has 106 valence electrons. The van der Waals surface area contributed by atoms with Gasteiger partial charge in [0.2, 0.25) is 0 Å². The Morgan fingerprint density at radius 1 is 1.17 bits per heavy atom. The van der Waals surface area contributed by atoms with Crippen LogP contribution in [0.4, 0.5) is 0 Å². The van der Waals surface area contributed by atoms with Gasteiger partial charge >= 0.3 is 0 Å². The standard InChI is InChI=1S/C15H30N2O/c1-2-8-16-15-7-11-18-13-14(15)12-17-9-5-3-4-6-10-17/h14-16H,2-13H2,1H3. The van der Waals surface area contributed by atoms with E-state index in [1.165, 1.54) is 58.2 Å². The van der Waals surface area contributed by atoms with Crippen LogP contribution in [0.2, 0.25) is 0 Å². The van der Waals surface area contributed by atoms with Gasteiger partial charge in [0.25, 0.3) is 0 Å². The maximum absolute atomic E-state index is 5.70. The quantitative estimate of drug-likeness (QED) is 0.814. The molecule has 2 saturated heterocycles. The zero-order valence-corrected chi connectivity index (χ0v) is 12.0. The summed E-state index contributed by atoms with van der Waals surface area (Å²) < 4.78 is 5.70. The fraction of sp³-hybridized carbons (Fsp3) is 1.00. The lowest BCUT2D eigenvalue weighted by molar-refractivity contribution is 0.0170. The predicted molar refractivity (Wildman–Crippen MR) is 75.9 cm³/mol. The van der Waals surface area contributed by atoms with Gasteiger partial charge in [-0.15, -0.1) is 0 Å². The van der Waals surface area contributed by atoms with Crippen molar-refractivity contribution >= 4 is 0 Å². The van der Waals surface area contributed by atoms with E-state index < -0.39 is 0 Å². The Hall–Kier alpha value is -0.120. The van der Waals surface area contributed by atoms with Crippen LogP contribution in [0.15, 0.2) is 0 Å². The minimum absolute atomic E-state index is 0.682. The highest BCUT2D eigenvalue weighted by atomic mass is 16.5. The molecule has 1 N–H and O–H groups in total. The largest absolute Gasteiger partial charge is 0.381 e. The van der Waals surface area contributed by atoms with Crippen LogP contribution in [-0.4, -0.2) is 50.3 Å². The summed E-state index contributed by atoms with van der Waals surface area (Å²) in [5, 5.41) is 3.72. The second-order valence-electron chi connectivity index (χ2n) is 5.90. The third-order valence-corrected chi connectivity index (χ3v) is 4.32. The maximum Gasteiger partial charge on any atom is 0.0521 e. The SMILES string of the molecule is CCCNC1CCOCC1CN1CCCCCC1. The predicted octanol–water partition coefficient (Wildman–Crippen LogP) is 2.27. The molecule has 2 aliphatic rings. The normalized spacial score (nSPS) is 31.2. The molecular formula is C15H30N2O. The molecule has 0 aromatic heterocycles. The van der Waals surface area contributed by atoms with Crippen LogP contribution in [0.5, 0.6) is 0 Å². The van der Waals surface area contributed by atoms with Gasteiger partial charge in [0.05, 0.1) is 6.61 Å². The third kappa shape index (κ3) is 4.52. The van der Waals surface area contributed by atoms with Crippen LogP contribution in [0.1, 0.15) is 45.4 Å². The van der Waals surface area contributed by atoms with Gasteiger partial charge in [-0.3, -0.25) is 0 Å². The van der Waals surface area contributed by atoms with E-state index in [2.05, 4.69) is 17.1 Å². The number of ether oxygens (including phenoxy) is 1. The molecule has 2 heterocycles. The zero-order valence-electron chi connectivity index (χ0n) is 12.0. The highest BCUT2D eigenvalue weighted by molar-refractivity contribution is 4.82. The summed E-state index contributed by atoms with van der Waals surface area (Å²) in [6, 6.07) is 0.682. The average Bonchev–Trinajstić information content (AvgIpc) is 2.66. The Labute approximate surface area is 112 Å². The molecular weight excluding hydrogens is 224 g/mol.